The number of carbonyl (C=O) groups is 1. The fraction of sp³-hybridized carbons (Fsp3) is 0.238. The Labute approximate surface area is 196 Å². The van der Waals surface area contributed by atoms with E-state index in [-0.39, 0.29) is 17.5 Å². The van der Waals surface area contributed by atoms with E-state index in [1.807, 2.05) is 12.1 Å². The summed E-state index contributed by atoms with van der Waals surface area (Å²) in [5.74, 6) is -0.434. The summed E-state index contributed by atoms with van der Waals surface area (Å²) in [6.07, 6.45) is 2.75. The Morgan fingerprint density at radius 1 is 1.19 bits per heavy atom. The molecule has 3 rings (SSSR count). The van der Waals surface area contributed by atoms with Gasteiger partial charge in [-0.2, -0.15) is 5.10 Å². The first kappa shape index (κ1) is 24.1. The number of aromatic nitrogens is 2. The Morgan fingerprint density at radius 2 is 1.88 bits per heavy atom. The first-order valence-electron chi connectivity index (χ1n) is 9.41. The van der Waals surface area contributed by atoms with Crippen LogP contribution >= 0.6 is 23.2 Å². The van der Waals surface area contributed by atoms with E-state index >= 15 is 0 Å². The highest BCUT2D eigenvalue weighted by Gasteiger charge is 2.21. The molecule has 2 aromatic heterocycles. The zero-order valence-electron chi connectivity index (χ0n) is 17.6. The molecule has 0 fully saturated rings. The first-order valence-corrected chi connectivity index (χ1v) is 11.6. The summed E-state index contributed by atoms with van der Waals surface area (Å²) in [4.78, 5) is 12.1. The van der Waals surface area contributed by atoms with E-state index in [2.05, 4.69) is 5.10 Å². The van der Waals surface area contributed by atoms with Crippen molar-refractivity contribution in [3.63, 3.8) is 0 Å². The Kier molecular flexibility index (Phi) is 7.45. The van der Waals surface area contributed by atoms with Crippen LogP contribution in [0.2, 0.25) is 10.2 Å². The van der Waals surface area contributed by atoms with E-state index in [9.17, 15) is 13.2 Å². The molecule has 0 amide bonds. The van der Waals surface area contributed by atoms with Crippen molar-refractivity contribution >= 4 is 45.3 Å². The van der Waals surface area contributed by atoms with E-state index in [1.54, 1.807) is 23.7 Å². The molecule has 0 N–H and O–H groups in total. The van der Waals surface area contributed by atoms with Crippen molar-refractivity contribution in [2.45, 2.75) is 25.2 Å². The molecule has 0 bridgehead atoms. The Bertz CT molecular complexity index is 1240. The van der Waals surface area contributed by atoms with Crippen LogP contribution in [0.1, 0.15) is 22.6 Å². The van der Waals surface area contributed by atoms with Gasteiger partial charge in [0.05, 0.1) is 12.2 Å². The maximum atomic E-state index is 12.1. The van der Waals surface area contributed by atoms with Crippen LogP contribution in [0.3, 0.4) is 0 Å². The van der Waals surface area contributed by atoms with Crippen LogP contribution in [0.5, 0.6) is 0 Å². The minimum atomic E-state index is -3.69. The van der Waals surface area contributed by atoms with Gasteiger partial charge in [0.25, 0.3) is 10.0 Å². The van der Waals surface area contributed by atoms with Gasteiger partial charge in [0, 0.05) is 30.8 Å². The number of hydrogen-bond donors (Lipinski definition) is 0. The highest BCUT2D eigenvalue weighted by atomic mass is 35.5. The standard InChI is InChI=1S/C21H21Cl2N3O5S/c1-14-18(21(23)26(24-14)12-15-4-6-16(22)7-5-15)9-10-19(27)30-13-17-8-11-20(31-17)32(28,29)25(2)3/h4-11H,12-13H2,1-3H3/b10-9+. The Balaban J connectivity index is 1.63. The highest BCUT2D eigenvalue weighted by Crippen LogP contribution is 2.23. The van der Waals surface area contributed by atoms with Gasteiger partial charge in [-0.1, -0.05) is 35.3 Å². The first-order chi connectivity index (χ1) is 15.1. The van der Waals surface area contributed by atoms with Gasteiger partial charge in [0.2, 0.25) is 5.09 Å². The number of esters is 1. The number of sulfonamides is 1. The summed E-state index contributed by atoms with van der Waals surface area (Å²) in [5.41, 5.74) is 2.22. The molecule has 0 saturated carbocycles. The van der Waals surface area contributed by atoms with Crippen molar-refractivity contribution in [3.05, 3.63) is 75.2 Å². The molecule has 0 spiro atoms. The molecule has 0 radical (unpaired) electrons. The second kappa shape index (κ2) is 9.91. The predicted octanol–water partition coefficient (Wildman–Crippen LogP) is 4.15. The van der Waals surface area contributed by atoms with Crippen molar-refractivity contribution in [1.29, 1.82) is 0 Å². The lowest BCUT2D eigenvalue weighted by Crippen LogP contribution is -2.21. The highest BCUT2D eigenvalue weighted by molar-refractivity contribution is 7.88. The maximum Gasteiger partial charge on any atom is 0.331 e. The second-order valence-corrected chi connectivity index (χ2v) is 9.90. The largest absolute Gasteiger partial charge is 0.454 e. The zero-order valence-corrected chi connectivity index (χ0v) is 19.9. The predicted molar refractivity (Wildman–Crippen MR) is 121 cm³/mol. The number of ether oxygens (including phenoxy) is 1. The second-order valence-electron chi connectivity index (χ2n) is 7.02. The smallest absolute Gasteiger partial charge is 0.331 e. The van der Waals surface area contributed by atoms with Crippen molar-refractivity contribution in [2.24, 2.45) is 0 Å². The molecule has 0 atom stereocenters. The summed E-state index contributed by atoms with van der Waals surface area (Å²) >= 11 is 12.3. The third-order valence-corrected chi connectivity index (χ3v) is 6.81. The Morgan fingerprint density at radius 3 is 2.53 bits per heavy atom. The average molecular weight is 498 g/mol. The van der Waals surface area contributed by atoms with E-state index in [4.69, 9.17) is 32.4 Å². The van der Waals surface area contributed by atoms with Gasteiger partial charge < -0.3 is 9.15 Å². The molecular weight excluding hydrogens is 477 g/mol. The molecule has 11 heteroatoms. The summed E-state index contributed by atoms with van der Waals surface area (Å²) < 4.78 is 37.1. The molecule has 0 aliphatic carbocycles. The lowest BCUT2D eigenvalue weighted by atomic mass is 10.2. The van der Waals surface area contributed by atoms with Crippen LogP contribution in [0.15, 0.2) is 52.0 Å². The number of nitrogens with zero attached hydrogens (tertiary/aromatic N) is 3. The van der Waals surface area contributed by atoms with Gasteiger partial charge >= 0.3 is 5.97 Å². The molecule has 3 aromatic rings. The van der Waals surface area contributed by atoms with Crippen LogP contribution < -0.4 is 0 Å². The Hall–Kier alpha value is -2.59. The molecule has 32 heavy (non-hydrogen) atoms. The summed E-state index contributed by atoms with van der Waals surface area (Å²) in [6.45, 7) is 2.02. The van der Waals surface area contributed by atoms with E-state index in [0.29, 0.717) is 28.0 Å². The molecule has 1 aromatic carbocycles. The van der Waals surface area contributed by atoms with Crippen LogP contribution in [-0.4, -0.2) is 42.6 Å². The van der Waals surface area contributed by atoms with Crippen molar-refractivity contribution in [1.82, 2.24) is 14.1 Å². The molecule has 8 nitrogen and oxygen atoms in total. The van der Waals surface area contributed by atoms with Gasteiger partial charge in [-0.25, -0.2) is 22.2 Å². The third-order valence-electron chi connectivity index (χ3n) is 4.47. The number of hydrogen-bond acceptors (Lipinski definition) is 6. The number of rotatable bonds is 8. The van der Waals surface area contributed by atoms with Gasteiger partial charge in [0.1, 0.15) is 17.5 Å². The van der Waals surface area contributed by atoms with Gasteiger partial charge in [-0.15, -0.1) is 0 Å². The third kappa shape index (κ3) is 5.60. The van der Waals surface area contributed by atoms with Gasteiger partial charge in [-0.05, 0) is 42.8 Å². The van der Waals surface area contributed by atoms with Crippen molar-refractivity contribution in [3.8, 4) is 0 Å². The van der Waals surface area contributed by atoms with Crippen LogP contribution in [-0.2, 0) is 32.7 Å². The fourth-order valence-corrected chi connectivity index (χ4v) is 3.96. The van der Waals surface area contributed by atoms with E-state index in [1.165, 1.54) is 38.4 Å². The number of aryl methyl sites for hydroxylation is 1. The fourth-order valence-electron chi connectivity index (χ4n) is 2.72. The van der Waals surface area contributed by atoms with E-state index in [0.717, 1.165) is 9.87 Å². The number of carbonyl (C=O) groups excluding carboxylic acids is 1. The normalized spacial score (nSPS) is 12.1. The quantitative estimate of drug-likeness (QED) is 0.342. The maximum absolute atomic E-state index is 12.1. The molecule has 0 aliphatic heterocycles. The lowest BCUT2D eigenvalue weighted by molar-refractivity contribution is -0.139. The molecule has 0 unspecified atom stereocenters. The summed E-state index contributed by atoms with van der Waals surface area (Å²) in [7, 11) is -0.899. The topological polar surface area (TPSA) is 94.6 Å². The van der Waals surface area contributed by atoms with Gasteiger partial charge in [0.15, 0.2) is 0 Å². The summed E-state index contributed by atoms with van der Waals surface area (Å²) in [6, 6.07) is 10.1. The summed E-state index contributed by atoms with van der Waals surface area (Å²) in [5, 5.41) is 5.21. The molecular formula is C21H21Cl2N3O5S. The molecule has 2 heterocycles. The minimum Gasteiger partial charge on any atom is -0.454 e. The van der Waals surface area contributed by atoms with Crippen molar-refractivity contribution < 1.29 is 22.4 Å². The molecule has 0 saturated heterocycles. The lowest BCUT2D eigenvalue weighted by Gasteiger charge is -2.07. The number of furan rings is 1. The van der Waals surface area contributed by atoms with Crippen LogP contribution in [0, 0.1) is 6.92 Å². The zero-order chi connectivity index (χ0) is 23.5. The van der Waals surface area contributed by atoms with Crippen molar-refractivity contribution in [2.75, 3.05) is 14.1 Å². The SMILES string of the molecule is Cc1nn(Cc2ccc(Cl)cc2)c(Cl)c1/C=C/C(=O)OCc1ccc(S(=O)(=O)N(C)C)o1. The monoisotopic (exact) mass is 497 g/mol. The number of benzene rings is 1. The molecule has 0 aliphatic rings. The number of halogens is 2. The van der Waals surface area contributed by atoms with Crippen LogP contribution in [0.4, 0.5) is 0 Å². The average Bonchev–Trinajstić information content (AvgIpc) is 3.32. The van der Waals surface area contributed by atoms with Gasteiger partial charge in [-0.3, -0.25) is 0 Å². The molecule has 170 valence electrons. The minimum absolute atomic E-state index is 0.206. The van der Waals surface area contributed by atoms with Crippen LogP contribution in [0.25, 0.3) is 6.08 Å². The van der Waals surface area contributed by atoms with E-state index < -0.39 is 16.0 Å².